The Morgan fingerprint density at radius 2 is 1.80 bits per heavy atom. The predicted molar refractivity (Wildman–Crippen MR) is 117 cm³/mol. The van der Waals surface area contributed by atoms with Crippen LogP contribution in [0, 0.1) is 6.92 Å². The number of benzene rings is 2. The second kappa shape index (κ2) is 6.98. The number of rotatable bonds is 4. The van der Waals surface area contributed by atoms with Crippen LogP contribution in [-0.2, 0) is 20.2 Å². The van der Waals surface area contributed by atoms with E-state index in [2.05, 4.69) is 9.71 Å². The van der Waals surface area contributed by atoms with Gasteiger partial charge in [-0.05, 0) is 55.0 Å². The van der Waals surface area contributed by atoms with E-state index in [-0.39, 0.29) is 10.8 Å². The maximum absolute atomic E-state index is 13.0. The summed E-state index contributed by atoms with van der Waals surface area (Å²) in [6.07, 6.45) is 3.90. The quantitative estimate of drug-likeness (QED) is 0.693. The minimum atomic E-state index is -3.78. The number of hydrogen-bond acceptors (Lipinski definition) is 4. The molecule has 4 rings (SSSR count). The molecular weight excluding hydrogens is 400 g/mol. The Bertz CT molecular complexity index is 1230. The van der Waals surface area contributed by atoms with Crippen molar-refractivity contribution in [2.45, 2.75) is 37.5 Å². The number of amides is 1. The summed E-state index contributed by atoms with van der Waals surface area (Å²) < 4.78 is 30.6. The lowest BCUT2D eigenvalue weighted by Gasteiger charge is -2.37. The van der Waals surface area contributed by atoms with Crippen LogP contribution in [0.1, 0.15) is 31.7 Å². The van der Waals surface area contributed by atoms with Crippen LogP contribution in [0.4, 0.5) is 11.4 Å². The number of aromatic nitrogens is 2. The van der Waals surface area contributed by atoms with E-state index >= 15 is 0 Å². The molecule has 3 aromatic rings. The van der Waals surface area contributed by atoms with Crippen molar-refractivity contribution < 1.29 is 13.2 Å². The summed E-state index contributed by atoms with van der Waals surface area (Å²) in [6, 6.07) is 12.0. The van der Waals surface area contributed by atoms with Gasteiger partial charge in [0.05, 0.1) is 4.90 Å². The number of nitrogens with zero attached hydrogens (tertiary/aromatic N) is 3. The second-order valence-electron chi connectivity index (χ2n) is 8.19. The van der Waals surface area contributed by atoms with Crippen LogP contribution in [0.5, 0.6) is 0 Å². The SMILES string of the molecule is Cc1nccn1-c1ccc(NS(=O)(=O)c2ccc3c(c2)C(C)(C)CC(=O)N3C)cc1. The van der Waals surface area contributed by atoms with E-state index in [0.717, 1.165) is 22.8 Å². The zero-order valence-electron chi connectivity index (χ0n) is 17.4. The topological polar surface area (TPSA) is 84.3 Å². The molecule has 30 heavy (non-hydrogen) atoms. The number of carbonyl (C=O) groups is 1. The monoisotopic (exact) mass is 424 g/mol. The minimum Gasteiger partial charge on any atom is -0.315 e. The van der Waals surface area contributed by atoms with Crippen molar-refractivity contribution in [3.63, 3.8) is 0 Å². The molecule has 1 aliphatic rings. The Kier molecular flexibility index (Phi) is 4.69. The summed E-state index contributed by atoms with van der Waals surface area (Å²) >= 11 is 0. The van der Waals surface area contributed by atoms with Crippen molar-refractivity contribution >= 4 is 27.3 Å². The Hall–Kier alpha value is -3.13. The Morgan fingerprint density at radius 3 is 2.43 bits per heavy atom. The molecule has 0 aliphatic carbocycles. The van der Waals surface area contributed by atoms with E-state index in [1.165, 1.54) is 6.07 Å². The molecule has 0 spiro atoms. The number of fused-ring (bicyclic) bond motifs is 1. The Balaban J connectivity index is 1.63. The van der Waals surface area contributed by atoms with E-state index in [1.807, 2.05) is 43.7 Å². The number of imidazole rings is 1. The van der Waals surface area contributed by atoms with Gasteiger partial charge in [0, 0.05) is 48.3 Å². The highest BCUT2D eigenvalue weighted by Crippen LogP contribution is 2.40. The molecule has 156 valence electrons. The van der Waals surface area contributed by atoms with Gasteiger partial charge in [0.1, 0.15) is 5.82 Å². The third-order valence-corrected chi connectivity index (χ3v) is 6.94. The highest BCUT2D eigenvalue weighted by atomic mass is 32.2. The van der Waals surface area contributed by atoms with Crippen LogP contribution in [0.3, 0.4) is 0 Å². The van der Waals surface area contributed by atoms with E-state index in [4.69, 9.17) is 0 Å². The van der Waals surface area contributed by atoms with Crippen molar-refractivity contribution in [2.75, 3.05) is 16.7 Å². The van der Waals surface area contributed by atoms with Gasteiger partial charge in [-0.15, -0.1) is 0 Å². The maximum atomic E-state index is 13.0. The Labute approximate surface area is 176 Å². The van der Waals surface area contributed by atoms with Gasteiger partial charge in [-0.25, -0.2) is 13.4 Å². The number of aryl methyl sites for hydroxylation is 1. The molecule has 1 amide bonds. The predicted octanol–water partition coefficient (Wildman–Crippen LogP) is 3.63. The van der Waals surface area contributed by atoms with Gasteiger partial charge >= 0.3 is 0 Å². The lowest BCUT2D eigenvalue weighted by Crippen LogP contribution is -2.39. The number of nitrogens with one attached hydrogen (secondary N) is 1. The molecule has 1 N–H and O–H groups in total. The van der Waals surface area contributed by atoms with Crippen LogP contribution in [-0.4, -0.2) is 30.9 Å². The molecule has 1 aromatic heterocycles. The van der Waals surface area contributed by atoms with Gasteiger partial charge in [-0.3, -0.25) is 9.52 Å². The molecule has 0 unspecified atom stereocenters. The number of hydrogen-bond donors (Lipinski definition) is 1. The first-order valence-corrected chi connectivity index (χ1v) is 11.1. The molecule has 7 nitrogen and oxygen atoms in total. The number of anilines is 2. The molecule has 0 fully saturated rings. The van der Waals surface area contributed by atoms with Gasteiger partial charge in [-0.2, -0.15) is 0 Å². The molecule has 2 aromatic carbocycles. The summed E-state index contributed by atoms with van der Waals surface area (Å²) in [4.78, 5) is 18.2. The fourth-order valence-corrected chi connectivity index (χ4v) is 4.88. The molecule has 0 atom stereocenters. The Morgan fingerprint density at radius 1 is 1.10 bits per heavy atom. The van der Waals surface area contributed by atoms with Crippen LogP contribution in [0.2, 0.25) is 0 Å². The van der Waals surface area contributed by atoms with Gasteiger partial charge < -0.3 is 9.47 Å². The molecule has 2 heterocycles. The molecule has 0 radical (unpaired) electrons. The van der Waals surface area contributed by atoms with Gasteiger partial charge in [-0.1, -0.05) is 13.8 Å². The third kappa shape index (κ3) is 3.47. The fourth-order valence-electron chi connectivity index (χ4n) is 3.80. The first-order valence-electron chi connectivity index (χ1n) is 9.63. The molecule has 0 saturated carbocycles. The first kappa shape index (κ1) is 20.2. The van der Waals surface area contributed by atoms with Crippen molar-refractivity contribution in [3.05, 3.63) is 66.2 Å². The zero-order valence-corrected chi connectivity index (χ0v) is 18.2. The fraction of sp³-hybridized carbons (Fsp3) is 0.273. The first-order chi connectivity index (χ1) is 14.1. The van der Waals surface area contributed by atoms with E-state index in [1.54, 1.807) is 42.4 Å². The van der Waals surface area contributed by atoms with E-state index in [9.17, 15) is 13.2 Å². The van der Waals surface area contributed by atoms with Crippen LogP contribution < -0.4 is 9.62 Å². The summed E-state index contributed by atoms with van der Waals surface area (Å²) in [6.45, 7) is 5.81. The zero-order chi connectivity index (χ0) is 21.7. The molecule has 0 bridgehead atoms. The van der Waals surface area contributed by atoms with Crippen LogP contribution in [0.15, 0.2) is 59.8 Å². The largest absolute Gasteiger partial charge is 0.315 e. The lowest BCUT2D eigenvalue weighted by molar-refractivity contribution is -0.119. The maximum Gasteiger partial charge on any atom is 0.261 e. The average molecular weight is 425 g/mol. The van der Waals surface area contributed by atoms with Crippen LogP contribution in [0.25, 0.3) is 5.69 Å². The average Bonchev–Trinajstić information content (AvgIpc) is 3.12. The van der Waals surface area contributed by atoms with Gasteiger partial charge in [0.15, 0.2) is 0 Å². The summed E-state index contributed by atoms with van der Waals surface area (Å²) in [5.41, 5.74) is 2.53. The van der Waals surface area contributed by atoms with Crippen molar-refractivity contribution in [2.24, 2.45) is 0 Å². The number of carbonyl (C=O) groups excluding carboxylic acids is 1. The lowest BCUT2D eigenvalue weighted by atomic mass is 9.77. The van der Waals surface area contributed by atoms with Crippen molar-refractivity contribution in [1.29, 1.82) is 0 Å². The molecule has 1 aliphatic heterocycles. The number of sulfonamides is 1. The highest BCUT2D eigenvalue weighted by Gasteiger charge is 2.36. The smallest absolute Gasteiger partial charge is 0.261 e. The molecule has 8 heteroatoms. The highest BCUT2D eigenvalue weighted by molar-refractivity contribution is 7.92. The normalized spacial score (nSPS) is 15.7. The van der Waals surface area contributed by atoms with Crippen molar-refractivity contribution in [3.8, 4) is 5.69 Å². The summed E-state index contributed by atoms with van der Waals surface area (Å²) in [5.74, 6) is 0.873. The van der Waals surface area contributed by atoms with E-state index < -0.39 is 15.4 Å². The van der Waals surface area contributed by atoms with Gasteiger partial charge in [0.2, 0.25) is 5.91 Å². The minimum absolute atomic E-state index is 0.0226. The second-order valence-corrected chi connectivity index (χ2v) is 9.87. The van der Waals surface area contributed by atoms with Gasteiger partial charge in [0.25, 0.3) is 10.0 Å². The van der Waals surface area contributed by atoms with Crippen LogP contribution >= 0.6 is 0 Å². The standard InChI is InChI=1S/C22H24N4O3S/c1-15-23-11-12-26(15)17-7-5-16(6-8-17)24-30(28,29)18-9-10-20-19(13-18)22(2,3)14-21(27)25(20)4/h5-13,24H,14H2,1-4H3. The third-order valence-electron chi connectivity index (χ3n) is 5.56. The van der Waals surface area contributed by atoms with E-state index in [0.29, 0.717) is 12.1 Å². The summed E-state index contributed by atoms with van der Waals surface area (Å²) in [7, 11) is -2.06. The summed E-state index contributed by atoms with van der Waals surface area (Å²) in [5, 5.41) is 0. The molecule has 0 saturated heterocycles. The van der Waals surface area contributed by atoms with Crippen molar-refractivity contribution in [1.82, 2.24) is 9.55 Å². The molecular formula is C22H24N4O3S.